The summed E-state index contributed by atoms with van der Waals surface area (Å²) in [5.74, 6) is 0.601. The lowest BCUT2D eigenvalue weighted by atomic mass is 9.77. The molecular weight excluding hydrogens is 355 g/mol. The van der Waals surface area contributed by atoms with Gasteiger partial charge in [0.15, 0.2) is 0 Å². The predicted octanol–water partition coefficient (Wildman–Crippen LogP) is 3.12. The molecule has 0 N–H and O–H groups in total. The Labute approximate surface area is 165 Å². The molecule has 1 aromatic carbocycles. The molecule has 0 saturated carbocycles. The number of piperidine rings is 1. The average Bonchev–Trinajstić information content (AvgIpc) is 3.04. The Morgan fingerprint density at radius 3 is 2.89 bits per heavy atom. The quantitative estimate of drug-likeness (QED) is 0.815. The van der Waals surface area contributed by atoms with E-state index < -0.39 is 0 Å². The van der Waals surface area contributed by atoms with Gasteiger partial charge in [-0.15, -0.1) is 0 Å². The van der Waals surface area contributed by atoms with E-state index in [9.17, 15) is 9.18 Å². The molecule has 6 heteroatoms. The minimum Gasteiger partial charge on any atom is -0.347 e. The largest absolute Gasteiger partial charge is 0.347 e. The van der Waals surface area contributed by atoms with Gasteiger partial charge in [0.2, 0.25) is 11.9 Å². The smallest absolute Gasteiger partial charge is 0.225 e. The fourth-order valence-corrected chi connectivity index (χ4v) is 4.59. The van der Waals surface area contributed by atoms with Gasteiger partial charge in [0.05, 0.1) is 5.69 Å². The third-order valence-electron chi connectivity index (χ3n) is 6.12. The zero-order valence-corrected chi connectivity index (χ0v) is 16.6. The zero-order chi connectivity index (χ0) is 19.7. The number of rotatable bonds is 4. The van der Waals surface area contributed by atoms with Crippen molar-refractivity contribution in [3.05, 3.63) is 53.1 Å². The highest BCUT2D eigenvalue weighted by Gasteiger charge is 2.44. The summed E-state index contributed by atoms with van der Waals surface area (Å²) >= 11 is 0. The van der Waals surface area contributed by atoms with Gasteiger partial charge in [-0.2, -0.15) is 0 Å². The van der Waals surface area contributed by atoms with Gasteiger partial charge in [-0.1, -0.05) is 18.2 Å². The summed E-state index contributed by atoms with van der Waals surface area (Å²) in [6.45, 7) is 1.48. The summed E-state index contributed by atoms with van der Waals surface area (Å²) in [5.41, 5.74) is 2.88. The van der Waals surface area contributed by atoms with Gasteiger partial charge in [-0.25, -0.2) is 14.4 Å². The van der Waals surface area contributed by atoms with Crippen LogP contribution in [0.25, 0.3) is 0 Å². The number of likely N-dealkylation sites (tertiary alicyclic amines) is 1. The molecule has 2 aliphatic rings. The first-order chi connectivity index (χ1) is 13.5. The van der Waals surface area contributed by atoms with E-state index >= 15 is 0 Å². The van der Waals surface area contributed by atoms with Crippen molar-refractivity contribution < 1.29 is 9.18 Å². The fraction of sp³-hybridized carbons (Fsp3) is 0.500. The summed E-state index contributed by atoms with van der Waals surface area (Å²) in [7, 11) is 3.89. The van der Waals surface area contributed by atoms with Crippen LogP contribution in [0.5, 0.6) is 0 Å². The molecule has 1 saturated heterocycles. The number of aryl methyl sites for hydroxylation is 2. The second-order valence-corrected chi connectivity index (χ2v) is 8.23. The molecular formula is C22H27FN4O. The lowest BCUT2D eigenvalue weighted by Gasteiger charge is -2.40. The van der Waals surface area contributed by atoms with Crippen LogP contribution < -0.4 is 4.90 Å². The van der Waals surface area contributed by atoms with Crippen LogP contribution in [0, 0.1) is 5.82 Å². The number of hydrogen-bond acceptors (Lipinski definition) is 4. The third kappa shape index (κ3) is 3.48. The molecule has 148 valence electrons. The van der Waals surface area contributed by atoms with Crippen LogP contribution >= 0.6 is 0 Å². The van der Waals surface area contributed by atoms with E-state index in [0.29, 0.717) is 24.9 Å². The van der Waals surface area contributed by atoms with Gasteiger partial charge in [0, 0.05) is 45.2 Å². The van der Waals surface area contributed by atoms with E-state index in [1.807, 2.05) is 36.2 Å². The second kappa shape index (κ2) is 7.49. The first-order valence-corrected chi connectivity index (χ1v) is 10.0. The molecule has 1 unspecified atom stereocenters. The number of carbonyl (C=O) groups excluding carboxylic acids is 1. The average molecular weight is 382 g/mol. The van der Waals surface area contributed by atoms with Crippen molar-refractivity contribution in [3.63, 3.8) is 0 Å². The highest BCUT2D eigenvalue weighted by atomic mass is 19.1. The van der Waals surface area contributed by atoms with E-state index in [0.717, 1.165) is 43.9 Å². The number of benzene rings is 1. The van der Waals surface area contributed by atoms with E-state index in [1.54, 1.807) is 12.1 Å². The first kappa shape index (κ1) is 18.8. The van der Waals surface area contributed by atoms with Gasteiger partial charge >= 0.3 is 0 Å². The summed E-state index contributed by atoms with van der Waals surface area (Å²) in [6.07, 6.45) is 6.76. The summed E-state index contributed by atoms with van der Waals surface area (Å²) in [5, 5.41) is 0. The van der Waals surface area contributed by atoms with Crippen LogP contribution in [-0.2, 0) is 23.1 Å². The van der Waals surface area contributed by atoms with Crippen LogP contribution in [-0.4, -0.2) is 48.0 Å². The van der Waals surface area contributed by atoms with Crippen molar-refractivity contribution in [1.29, 1.82) is 0 Å². The molecule has 1 amide bonds. The number of amides is 1. The van der Waals surface area contributed by atoms with Crippen LogP contribution in [0.1, 0.15) is 42.5 Å². The van der Waals surface area contributed by atoms with Gasteiger partial charge in [-0.3, -0.25) is 4.79 Å². The van der Waals surface area contributed by atoms with Crippen molar-refractivity contribution in [2.75, 3.05) is 32.1 Å². The maximum absolute atomic E-state index is 13.8. The standard InChI is InChI=1S/C22H27FN4O/c1-26(2)21-24-14-17-10-12-22(20(17)25-21)11-5-13-27(15-22)19(28)9-8-16-6-3-4-7-18(16)23/h3-4,6-7,14H,5,8-13,15H2,1-2H3. The monoisotopic (exact) mass is 382 g/mol. The van der Waals surface area contributed by atoms with Crippen molar-refractivity contribution in [3.8, 4) is 0 Å². The highest BCUT2D eigenvalue weighted by Crippen LogP contribution is 2.44. The maximum Gasteiger partial charge on any atom is 0.225 e. The van der Waals surface area contributed by atoms with Crippen LogP contribution in [0.2, 0.25) is 0 Å². The van der Waals surface area contributed by atoms with Gasteiger partial charge < -0.3 is 9.80 Å². The molecule has 28 heavy (non-hydrogen) atoms. The second-order valence-electron chi connectivity index (χ2n) is 8.23. The number of nitrogens with zero attached hydrogens (tertiary/aromatic N) is 4. The fourth-order valence-electron chi connectivity index (χ4n) is 4.59. The molecule has 1 spiro atoms. The van der Waals surface area contributed by atoms with Gasteiger partial charge in [0.25, 0.3) is 0 Å². The molecule has 0 bridgehead atoms. The summed E-state index contributed by atoms with van der Waals surface area (Å²) in [4.78, 5) is 26.1. The third-order valence-corrected chi connectivity index (χ3v) is 6.12. The molecule has 0 radical (unpaired) electrons. The predicted molar refractivity (Wildman–Crippen MR) is 107 cm³/mol. The number of hydrogen-bond donors (Lipinski definition) is 0. The van der Waals surface area contributed by atoms with Crippen LogP contribution in [0.3, 0.4) is 0 Å². The summed E-state index contributed by atoms with van der Waals surface area (Å²) < 4.78 is 13.8. The van der Waals surface area contributed by atoms with Gasteiger partial charge in [-0.05, 0) is 49.3 Å². The Balaban J connectivity index is 1.49. The van der Waals surface area contributed by atoms with Crippen LogP contribution in [0.4, 0.5) is 10.3 Å². The van der Waals surface area contributed by atoms with Crippen molar-refractivity contribution in [2.24, 2.45) is 0 Å². The maximum atomic E-state index is 13.8. The number of anilines is 1. The molecule has 4 rings (SSSR count). The minimum atomic E-state index is -0.233. The number of halogens is 1. The molecule has 2 heterocycles. The van der Waals surface area contributed by atoms with E-state index in [1.165, 1.54) is 11.6 Å². The Morgan fingerprint density at radius 2 is 2.11 bits per heavy atom. The van der Waals surface area contributed by atoms with Crippen molar-refractivity contribution in [2.45, 2.75) is 43.9 Å². The molecule has 5 nitrogen and oxygen atoms in total. The minimum absolute atomic E-state index is 0.0606. The molecule has 1 aromatic heterocycles. The molecule has 2 aromatic rings. The van der Waals surface area contributed by atoms with E-state index in [-0.39, 0.29) is 17.1 Å². The normalized spacial score (nSPS) is 21.0. The number of carbonyl (C=O) groups is 1. The van der Waals surface area contributed by atoms with Gasteiger partial charge in [0.1, 0.15) is 5.82 Å². The number of aromatic nitrogens is 2. The topological polar surface area (TPSA) is 49.3 Å². The Morgan fingerprint density at radius 1 is 1.29 bits per heavy atom. The summed E-state index contributed by atoms with van der Waals surface area (Å²) in [6, 6.07) is 6.70. The van der Waals surface area contributed by atoms with Crippen molar-refractivity contribution >= 4 is 11.9 Å². The first-order valence-electron chi connectivity index (χ1n) is 10.0. The molecule has 1 aliphatic carbocycles. The van der Waals surface area contributed by atoms with E-state index in [2.05, 4.69) is 4.98 Å². The Hall–Kier alpha value is -2.50. The Kier molecular flexibility index (Phi) is 5.04. The molecule has 1 fully saturated rings. The lowest BCUT2D eigenvalue weighted by molar-refractivity contribution is -0.133. The molecule has 1 aliphatic heterocycles. The molecule has 1 atom stereocenters. The highest BCUT2D eigenvalue weighted by molar-refractivity contribution is 5.76. The lowest BCUT2D eigenvalue weighted by Crippen LogP contribution is -2.48. The Bertz CT molecular complexity index is 881. The van der Waals surface area contributed by atoms with E-state index in [4.69, 9.17) is 4.98 Å². The van der Waals surface area contributed by atoms with Crippen LogP contribution in [0.15, 0.2) is 30.5 Å². The number of fused-ring (bicyclic) bond motifs is 2. The SMILES string of the molecule is CN(C)c1ncc2c(n1)C1(CCCN(C(=O)CCc3ccccc3F)C1)CC2. The zero-order valence-electron chi connectivity index (χ0n) is 16.6. The van der Waals surface area contributed by atoms with Crippen molar-refractivity contribution in [1.82, 2.24) is 14.9 Å².